The Morgan fingerprint density at radius 2 is 1.62 bits per heavy atom. The molecule has 204 valence electrons. The molecule has 37 heavy (non-hydrogen) atoms. The van der Waals surface area contributed by atoms with Gasteiger partial charge < -0.3 is 24.8 Å². The minimum Gasteiger partial charge on any atom is -0.493 e. The maximum Gasteiger partial charge on any atom is 0.408 e. The zero-order chi connectivity index (χ0) is 28.1. The van der Waals surface area contributed by atoms with E-state index < -0.39 is 59.1 Å². The van der Waals surface area contributed by atoms with Crippen molar-refractivity contribution in [2.45, 2.75) is 65.6 Å². The fourth-order valence-corrected chi connectivity index (χ4v) is 4.02. The summed E-state index contributed by atoms with van der Waals surface area (Å²) in [7, 11) is 2.96. The lowest BCUT2D eigenvalue weighted by molar-refractivity contribution is -0.137. The van der Waals surface area contributed by atoms with Gasteiger partial charge in [0.2, 0.25) is 17.7 Å². The van der Waals surface area contributed by atoms with E-state index in [0.29, 0.717) is 17.1 Å². The quantitative estimate of drug-likeness (QED) is 0.315. The van der Waals surface area contributed by atoms with Gasteiger partial charge in [-0.3, -0.25) is 24.5 Å². The van der Waals surface area contributed by atoms with Gasteiger partial charge in [-0.05, 0) is 44.4 Å². The first kappa shape index (κ1) is 29.6. The standard InChI is InChI=1S/C26H37N3O8/c1-13(2)21(22(31)20-14(3)23(32)29-24(20)33)28-19(30)12-16(27-25(34)37-26(4,5)6)15-9-10-17(35-7)18(11-15)36-8/h9-11,13-14,16,20-21H,12H2,1-8H3,(H,27,34)(H,28,30)(H,29,32,33)/t14-,16?,20+,21-/m0/s1. The van der Waals surface area contributed by atoms with Crippen LogP contribution in [0.5, 0.6) is 11.5 Å². The zero-order valence-electron chi connectivity index (χ0n) is 22.6. The first-order chi connectivity index (χ1) is 17.2. The summed E-state index contributed by atoms with van der Waals surface area (Å²) in [6.45, 7) is 10.1. The van der Waals surface area contributed by atoms with Crippen LogP contribution in [0.25, 0.3) is 0 Å². The Balaban J connectivity index is 2.29. The topological polar surface area (TPSA) is 149 Å². The highest BCUT2D eigenvalue weighted by Gasteiger charge is 2.46. The van der Waals surface area contributed by atoms with Crippen LogP contribution in [0.3, 0.4) is 0 Å². The van der Waals surface area contributed by atoms with Crippen LogP contribution >= 0.6 is 0 Å². The van der Waals surface area contributed by atoms with Gasteiger partial charge in [0.15, 0.2) is 17.3 Å². The summed E-state index contributed by atoms with van der Waals surface area (Å²) in [4.78, 5) is 63.0. The highest BCUT2D eigenvalue weighted by atomic mass is 16.6. The number of alkyl carbamates (subject to hydrolysis) is 1. The number of imide groups is 1. The van der Waals surface area contributed by atoms with Crippen LogP contribution in [-0.4, -0.2) is 55.5 Å². The van der Waals surface area contributed by atoms with E-state index in [2.05, 4.69) is 16.0 Å². The fourth-order valence-electron chi connectivity index (χ4n) is 4.02. The van der Waals surface area contributed by atoms with Gasteiger partial charge in [0.25, 0.3) is 0 Å². The third kappa shape index (κ3) is 7.68. The number of ether oxygens (including phenoxy) is 3. The van der Waals surface area contributed by atoms with Crippen LogP contribution in [0.4, 0.5) is 4.79 Å². The number of benzene rings is 1. The molecule has 4 atom stereocenters. The van der Waals surface area contributed by atoms with Gasteiger partial charge in [0.1, 0.15) is 11.5 Å². The fraction of sp³-hybridized carbons (Fsp3) is 0.577. The third-order valence-corrected chi connectivity index (χ3v) is 5.93. The van der Waals surface area contributed by atoms with E-state index in [4.69, 9.17) is 14.2 Å². The van der Waals surface area contributed by atoms with Gasteiger partial charge in [-0.15, -0.1) is 0 Å². The van der Waals surface area contributed by atoms with Crippen molar-refractivity contribution in [1.29, 1.82) is 0 Å². The monoisotopic (exact) mass is 519 g/mol. The van der Waals surface area contributed by atoms with Crippen molar-refractivity contribution in [3.63, 3.8) is 0 Å². The van der Waals surface area contributed by atoms with Crippen molar-refractivity contribution in [3.8, 4) is 11.5 Å². The third-order valence-electron chi connectivity index (χ3n) is 5.93. The average molecular weight is 520 g/mol. The lowest BCUT2D eigenvalue weighted by atomic mass is 9.85. The Morgan fingerprint density at radius 1 is 1.00 bits per heavy atom. The van der Waals surface area contributed by atoms with Crippen LogP contribution in [0, 0.1) is 17.8 Å². The SMILES string of the molecule is COc1ccc(C(CC(=O)N[C@H](C(=O)[C@@H]2C(=O)NC(=O)[C@H]2C)C(C)C)NC(=O)OC(C)(C)C)cc1OC. The first-order valence-electron chi connectivity index (χ1n) is 12.1. The number of carbonyl (C=O) groups excluding carboxylic acids is 5. The second-order valence-electron chi connectivity index (χ2n) is 10.3. The maximum absolute atomic E-state index is 13.2. The number of rotatable bonds is 10. The van der Waals surface area contributed by atoms with Gasteiger partial charge in [0.05, 0.1) is 38.6 Å². The Labute approximate surface area is 217 Å². The van der Waals surface area contributed by atoms with E-state index in [1.807, 2.05) is 0 Å². The number of hydrogen-bond donors (Lipinski definition) is 3. The number of methoxy groups -OCH3 is 2. The first-order valence-corrected chi connectivity index (χ1v) is 12.1. The molecule has 1 heterocycles. The maximum atomic E-state index is 13.2. The number of nitrogens with one attached hydrogen (secondary N) is 3. The molecule has 11 nitrogen and oxygen atoms in total. The molecule has 0 saturated carbocycles. The zero-order valence-corrected chi connectivity index (χ0v) is 22.6. The van der Waals surface area contributed by atoms with E-state index in [1.54, 1.807) is 52.8 Å². The van der Waals surface area contributed by atoms with Crippen LogP contribution in [0.15, 0.2) is 18.2 Å². The summed E-state index contributed by atoms with van der Waals surface area (Å²) in [5.74, 6) is -3.77. The number of carbonyl (C=O) groups is 5. The van der Waals surface area contributed by atoms with Gasteiger partial charge >= 0.3 is 6.09 Å². The van der Waals surface area contributed by atoms with E-state index in [0.717, 1.165) is 0 Å². The summed E-state index contributed by atoms with van der Waals surface area (Å²) < 4.78 is 16.0. The van der Waals surface area contributed by atoms with E-state index in [1.165, 1.54) is 21.1 Å². The summed E-state index contributed by atoms with van der Waals surface area (Å²) in [5, 5.41) is 7.56. The summed E-state index contributed by atoms with van der Waals surface area (Å²) in [6.07, 6.45) is -0.970. The molecule has 2 rings (SSSR count). The van der Waals surface area contributed by atoms with Gasteiger partial charge in [-0.2, -0.15) is 0 Å². The highest BCUT2D eigenvalue weighted by molar-refractivity contribution is 6.16. The van der Waals surface area contributed by atoms with Crippen LogP contribution in [0.2, 0.25) is 0 Å². The van der Waals surface area contributed by atoms with Crippen LogP contribution in [-0.2, 0) is 23.9 Å². The Bertz CT molecular complexity index is 1050. The molecule has 0 aromatic heterocycles. The Kier molecular flexibility index (Phi) is 9.66. The molecule has 11 heteroatoms. The number of hydrogen-bond acceptors (Lipinski definition) is 8. The molecule has 0 aliphatic carbocycles. The predicted molar refractivity (Wildman–Crippen MR) is 134 cm³/mol. The molecule has 1 aliphatic rings. The molecule has 1 saturated heterocycles. The molecule has 0 bridgehead atoms. The van der Waals surface area contributed by atoms with Crippen molar-refractivity contribution in [1.82, 2.24) is 16.0 Å². The molecular weight excluding hydrogens is 482 g/mol. The lowest BCUT2D eigenvalue weighted by Gasteiger charge is -2.27. The summed E-state index contributed by atoms with van der Waals surface area (Å²) >= 11 is 0. The van der Waals surface area contributed by atoms with Gasteiger partial charge in [0, 0.05) is 0 Å². The van der Waals surface area contributed by atoms with Crippen molar-refractivity contribution in [2.75, 3.05) is 14.2 Å². The number of amides is 4. The molecule has 4 amide bonds. The normalized spacial score (nSPS) is 19.1. The van der Waals surface area contributed by atoms with Crippen LogP contribution in [0.1, 0.15) is 59.6 Å². The van der Waals surface area contributed by atoms with Crippen molar-refractivity contribution < 1.29 is 38.2 Å². The lowest BCUT2D eigenvalue weighted by Crippen LogP contribution is -2.49. The van der Waals surface area contributed by atoms with E-state index >= 15 is 0 Å². The van der Waals surface area contributed by atoms with Crippen LogP contribution < -0.4 is 25.4 Å². The number of ketones is 1. The predicted octanol–water partition coefficient (Wildman–Crippen LogP) is 2.28. The molecule has 0 radical (unpaired) electrons. The minimum atomic E-state index is -1.18. The second-order valence-corrected chi connectivity index (χ2v) is 10.3. The molecule has 1 fully saturated rings. The van der Waals surface area contributed by atoms with E-state index in [-0.39, 0.29) is 12.3 Å². The minimum absolute atomic E-state index is 0.240. The molecule has 0 spiro atoms. The largest absolute Gasteiger partial charge is 0.493 e. The molecule has 1 aromatic rings. The highest BCUT2D eigenvalue weighted by Crippen LogP contribution is 2.31. The molecule has 3 N–H and O–H groups in total. The van der Waals surface area contributed by atoms with Crippen molar-refractivity contribution in [2.24, 2.45) is 17.8 Å². The molecular formula is C26H37N3O8. The second kappa shape index (κ2) is 12.1. The average Bonchev–Trinajstić information content (AvgIpc) is 3.05. The Hall–Kier alpha value is -3.63. The van der Waals surface area contributed by atoms with E-state index in [9.17, 15) is 24.0 Å². The summed E-state index contributed by atoms with van der Waals surface area (Å²) in [5.41, 5.74) is -0.222. The van der Waals surface area contributed by atoms with Crippen molar-refractivity contribution >= 4 is 29.6 Å². The molecule has 1 aromatic carbocycles. The smallest absolute Gasteiger partial charge is 0.408 e. The van der Waals surface area contributed by atoms with Gasteiger partial charge in [-0.1, -0.05) is 26.8 Å². The summed E-state index contributed by atoms with van der Waals surface area (Å²) in [6, 6.07) is 3.11. The molecule has 1 unspecified atom stereocenters. The van der Waals surface area contributed by atoms with Gasteiger partial charge in [-0.25, -0.2) is 4.79 Å². The Morgan fingerprint density at radius 3 is 2.11 bits per heavy atom. The molecule has 1 aliphatic heterocycles. The number of Topliss-reactive ketones (excluding diaryl/α,β-unsaturated/α-hetero) is 1. The van der Waals surface area contributed by atoms with Crippen molar-refractivity contribution in [3.05, 3.63) is 23.8 Å².